The van der Waals surface area contributed by atoms with Gasteiger partial charge in [0.15, 0.2) is 0 Å². The van der Waals surface area contributed by atoms with Crippen molar-refractivity contribution in [3.05, 3.63) is 0 Å². The highest BCUT2D eigenvalue weighted by Gasteiger charge is 2.29. The molecule has 1 rings (SSSR count). The molecule has 0 bridgehead atoms. The molecule has 0 atom stereocenters. The fourth-order valence-electron chi connectivity index (χ4n) is 1.55. The summed E-state index contributed by atoms with van der Waals surface area (Å²) < 4.78 is 0. The van der Waals surface area contributed by atoms with Gasteiger partial charge >= 0.3 is 0 Å². The van der Waals surface area contributed by atoms with Crippen LogP contribution >= 0.6 is 0 Å². The maximum absolute atomic E-state index is 11.3. The fourth-order valence-corrected chi connectivity index (χ4v) is 1.55. The number of nitrogens with two attached hydrogens (primary N) is 1. The Morgan fingerprint density at radius 1 is 1.39 bits per heavy atom. The van der Waals surface area contributed by atoms with Gasteiger partial charge in [-0.25, -0.2) is 0 Å². The quantitative estimate of drug-likeness (QED) is 0.165. The molecule has 0 aliphatic heterocycles. The maximum atomic E-state index is 11.3. The normalized spacial score (nSPS) is 16.7. The van der Waals surface area contributed by atoms with E-state index in [0.29, 0.717) is 6.54 Å². The summed E-state index contributed by atoms with van der Waals surface area (Å²) in [5, 5.41) is 17.8. The third-order valence-corrected chi connectivity index (χ3v) is 3.28. The molecule has 18 heavy (non-hydrogen) atoms. The maximum Gasteiger partial charge on any atom is 0.223 e. The van der Waals surface area contributed by atoms with Gasteiger partial charge in [0.2, 0.25) is 5.91 Å². The van der Waals surface area contributed by atoms with E-state index in [1.807, 2.05) is 13.8 Å². The van der Waals surface area contributed by atoms with Crippen LogP contribution in [0.2, 0.25) is 0 Å². The summed E-state index contributed by atoms with van der Waals surface area (Å²) in [5.74, 6) is 0.685. The molecule has 0 aromatic rings. The first kappa shape index (κ1) is 14.8. The molecule has 1 fully saturated rings. The summed E-state index contributed by atoms with van der Waals surface area (Å²) in [6.45, 7) is 6.02. The number of rotatable bonds is 8. The number of carbonyl (C=O) groups excluding carboxylic acids is 1. The van der Waals surface area contributed by atoms with Gasteiger partial charge in [-0.2, -0.15) is 0 Å². The number of oxime groups is 1. The van der Waals surface area contributed by atoms with Crippen LogP contribution in [0.1, 0.15) is 33.1 Å². The second-order valence-electron chi connectivity index (χ2n) is 5.43. The van der Waals surface area contributed by atoms with Gasteiger partial charge in [0.05, 0.1) is 0 Å². The van der Waals surface area contributed by atoms with Crippen LogP contribution in [-0.2, 0) is 4.79 Å². The molecule has 0 saturated heterocycles. The highest BCUT2D eigenvalue weighted by molar-refractivity contribution is 5.85. The van der Waals surface area contributed by atoms with Gasteiger partial charge < -0.3 is 21.6 Å². The predicted octanol–water partition coefficient (Wildman–Crippen LogP) is 0.265. The molecule has 1 aliphatic rings. The van der Waals surface area contributed by atoms with Crippen LogP contribution in [-0.4, -0.2) is 36.6 Å². The summed E-state index contributed by atoms with van der Waals surface area (Å²) in [6.07, 6.45) is 2.85. The minimum absolute atomic E-state index is 0.175. The lowest BCUT2D eigenvalue weighted by atomic mass is 9.88. The Labute approximate surface area is 108 Å². The van der Waals surface area contributed by atoms with Crippen molar-refractivity contribution in [2.45, 2.75) is 33.1 Å². The number of nitrogens with one attached hydrogen (secondary N) is 2. The van der Waals surface area contributed by atoms with Crippen molar-refractivity contribution in [3.63, 3.8) is 0 Å². The number of hydrogen-bond acceptors (Lipinski definition) is 4. The number of nitrogens with zero attached hydrogens (tertiary/aromatic N) is 1. The van der Waals surface area contributed by atoms with Crippen LogP contribution < -0.4 is 16.4 Å². The van der Waals surface area contributed by atoms with Crippen LogP contribution in [0.4, 0.5) is 0 Å². The molecule has 1 amide bonds. The first-order chi connectivity index (χ1) is 8.47. The lowest BCUT2D eigenvalue weighted by molar-refractivity contribution is -0.122. The molecule has 1 aliphatic carbocycles. The van der Waals surface area contributed by atoms with Crippen LogP contribution in [0.5, 0.6) is 0 Å². The van der Waals surface area contributed by atoms with E-state index < -0.39 is 0 Å². The van der Waals surface area contributed by atoms with E-state index >= 15 is 0 Å². The van der Waals surface area contributed by atoms with Crippen molar-refractivity contribution in [2.24, 2.45) is 22.2 Å². The van der Waals surface area contributed by atoms with Gasteiger partial charge in [-0.1, -0.05) is 19.0 Å². The fraction of sp³-hybridized carbons (Fsp3) is 0.833. The van der Waals surface area contributed by atoms with Crippen molar-refractivity contribution in [1.82, 2.24) is 10.6 Å². The number of carbonyl (C=O) groups is 1. The van der Waals surface area contributed by atoms with E-state index in [0.717, 1.165) is 32.4 Å². The molecule has 0 aromatic heterocycles. The first-order valence-electron chi connectivity index (χ1n) is 6.44. The van der Waals surface area contributed by atoms with E-state index in [2.05, 4.69) is 15.8 Å². The van der Waals surface area contributed by atoms with Crippen molar-refractivity contribution in [2.75, 3.05) is 19.6 Å². The molecule has 0 unspecified atom stereocenters. The van der Waals surface area contributed by atoms with Gasteiger partial charge in [0, 0.05) is 24.4 Å². The molecule has 5 N–H and O–H groups in total. The standard InChI is InChI=1S/C12H24N4O2/c1-12(2,11(13)16-18)5-6-14-7-8-15-10(17)9-3-4-9/h9,14,18H,3-8H2,1-2H3,(H2,13,16)(H,15,17). The third-order valence-electron chi connectivity index (χ3n) is 3.28. The average Bonchev–Trinajstić information content (AvgIpc) is 3.16. The number of hydrogen-bond donors (Lipinski definition) is 4. The Bertz CT molecular complexity index is 311. The highest BCUT2D eigenvalue weighted by Crippen LogP contribution is 2.28. The van der Waals surface area contributed by atoms with E-state index in [1.165, 1.54) is 0 Å². The lowest BCUT2D eigenvalue weighted by Gasteiger charge is -2.22. The molecule has 0 aromatic carbocycles. The van der Waals surface area contributed by atoms with Crippen molar-refractivity contribution < 1.29 is 10.0 Å². The third kappa shape index (κ3) is 4.91. The zero-order valence-electron chi connectivity index (χ0n) is 11.2. The second kappa shape index (κ2) is 6.58. The first-order valence-corrected chi connectivity index (χ1v) is 6.44. The predicted molar refractivity (Wildman–Crippen MR) is 70.4 cm³/mol. The molecule has 0 heterocycles. The molecule has 0 spiro atoms. The summed E-state index contributed by atoms with van der Waals surface area (Å²) in [4.78, 5) is 11.3. The summed E-state index contributed by atoms with van der Waals surface area (Å²) in [5.41, 5.74) is 5.27. The minimum Gasteiger partial charge on any atom is -0.409 e. The Kier molecular flexibility index (Phi) is 5.40. The molecular weight excluding hydrogens is 232 g/mol. The average molecular weight is 256 g/mol. The Morgan fingerprint density at radius 3 is 2.61 bits per heavy atom. The van der Waals surface area contributed by atoms with Crippen molar-refractivity contribution >= 4 is 11.7 Å². The molecule has 104 valence electrons. The van der Waals surface area contributed by atoms with Gasteiger partial charge in [0.25, 0.3) is 0 Å². The van der Waals surface area contributed by atoms with Crippen molar-refractivity contribution in [3.8, 4) is 0 Å². The smallest absolute Gasteiger partial charge is 0.223 e. The molecular formula is C12H24N4O2. The van der Waals surface area contributed by atoms with Gasteiger partial charge in [-0.15, -0.1) is 0 Å². The van der Waals surface area contributed by atoms with Gasteiger partial charge in [-0.3, -0.25) is 4.79 Å². The molecule has 6 heteroatoms. The SMILES string of the molecule is CC(C)(CCNCCNC(=O)C1CC1)C(N)=NO. The van der Waals surface area contributed by atoms with Crippen LogP contribution in [0.3, 0.4) is 0 Å². The van der Waals surface area contributed by atoms with Crippen LogP contribution in [0.25, 0.3) is 0 Å². The summed E-state index contributed by atoms with van der Waals surface area (Å²) in [7, 11) is 0. The minimum atomic E-state index is -0.320. The van der Waals surface area contributed by atoms with Crippen LogP contribution in [0, 0.1) is 11.3 Å². The number of amides is 1. The lowest BCUT2D eigenvalue weighted by Crippen LogP contribution is -2.37. The Balaban J connectivity index is 2.02. The van der Waals surface area contributed by atoms with E-state index in [-0.39, 0.29) is 23.1 Å². The molecule has 6 nitrogen and oxygen atoms in total. The highest BCUT2D eigenvalue weighted by atomic mass is 16.4. The Morgan fingerprint density at radius 2 is 2.06 bits per heavy atom. The van der Waals surface area contributed by atoms with Crippen molar-refractivity contribution in [1.29, 1.82) is 0 Å². The van der Waals surface area contributed by atoms with E-state index in [4.69, 9.17) is 10.9 Å². The zero-order chi connectivity index (χ0) is 13.6. The number of amidine groups is 1. The largest absolute Gasteiger partial charge is 0.409 e. The summed E-state index contributed by atoms with van der Waals surface area (Å²) >= 11 is 0. The van der Waals surface area contributed by atoms with Crippen LogP contribution in [0.15, 0.2) is 5.16 Å². The van der Waals surface area contributed by atoms with E-state index in [9.17, 15) is 4.79 Å². The summed E-state index contributed by atoms with van der Waals surface area (Å²) in [6, 6.07) is 0. The Hall–Kier alpha value is -1.30. The second-order valence-corrected chi connectivity index (χ2v) is 5.43. The van der Waals surface area contributed by atoms with E-state index in [1.54, 1.807) is 0 Å². The van der Waals surface area contributed by atoms with Gasteiger partial charge in [0.1, 0.15) is 5.84 Å². The topological polar surface area (TPSA) is 99.7 Å². The monoisotopic (exact) mass is 256 g/mol. The molecule has 0 radical (unpaired) electrons. The van der Waals surface area contributed by atoms with Gasteiger partial charge in [-0.05, 0) is 25.8 Å². The molecule has 1 saturated carbocycles. The zero-order valence-corrected chi connectivity index (χ0v) is 11.2.